The van der Waals surface area contributed by atoms with Gasteiger partial charge in [0.1, 0.15) is 0 Å². The first kappa shape index (κ1) is 22.6. The molecule has 0 saturated carbocycles. The maximum Gasteiger partial charge on any atom is 0.262 e. The van der Waals surface area contributed by atoms with E-state index in [9.17, 15) is 4.79 Å². The molecule has 0 aliphatic heterocycles. The zero-order valence-corrected chi connectivity index (χ0v) is 19.9. The number of thioether (sulfide) groups is 1. The van der Waals surface area contributed by atoms with Crippen molar-refractivity contribution >= 4 is 40.0 Å². The summed E-state index contributed by atoms with van der Waals surface area (Å²) in [6, 6.07) is 14.7. The Bertz CT molecular complexity index is 1490. The van der Waals surface area contributed by atoms with Crippen LogP contribution in [-0.2, 0) is 17.0 Å². The lowest BCUT2D eigenvalue weighted by Crippen LogP contribution is -2.24. The number of para-hydroxylation sites is 1. The van der Waals surface area contributed by atoms with Crippen molar-refractivity contribution < 1.29 is 9.15 Å². The van der Waals surface area contributed by atoms with Crippen molar-refractivity contribution in [2.75, 3.05) is 13.2 Å². The average molecular weight is 497 g/mol. The molecule has 0 unspecified atom stereocenters. The van der Waals surface area contributed by atoms with Crippen molar-refractivity contribution in [1.29, 1.82) is 0 Å². The van der Waals surface area contributed by atoms with Gasteiger partial charge in [-0.2, -0.15) is 0 Å². The van der Waals surface area contributed by atoms with Gasteiger partial charge in [0.25, 0.3) is 5.56 Å². The molecule has 0 saturated heterocycles. The molecule has 2 aromatic carbocycles. The smallest absolute Gasteiger partial charge is 0.262 e. The number of fused-ring (bicyclic) bond motifs is 3. The topological polar surface area (TPSA) is 100 Å². The highest BCUT2D eigenvalue weighted by molar-refractivity contribution is 7.98. The Morgan fingerprint density at radius 3 is 2.71 bits per heavy atom. The molecular formula is C23H21ClN6O3S. The lowest BCUT2D eigenvalue weighted by molar-refractivity contribution is 0.141. The minimum absolute atomic E-state index is 0.0898. The average Bonchev–Trinajstić information content (AvgIpc) is 3.50. The van der Waals surface area contributed by atoms with Crippen molar-refractivity contribution in [3.8, 4) is 11.5 Å². The first-order valence-electron chi connectivity index (χ1n) is 10.8. The molecule has 3 heterocycles. The molecule has 0 amide bonds. The van der Waals surface area contributed by atoms with Crippen molar-refractivity contribution in [2.45, 2.75) is 30.8 Å². The summed E-state index contributed by atoms with van der Waals surface area (Å²) in [6.07, 6.45) is 0.701. The molecule has 0 N–H and O–H groups in total. The molecule has 9 nitrogen and oxygen atoms in total. The zero-order valence-electron chi connectivity index (χ0n) is 18.3. The Kier molecular flexibility index (Phi) is 6.61. The number of benzene rings is 2. The highest BCUT2D eigenvalue weighted by atomic mass is 35.5. The van der Waals surface area contributed by atoms with E-state index in [0.717, 1.165) is 11.1 Å². The molecule has 11 heteroatoms. The molecule has 5 rings (SSSR count). The van der Waals surface area contributed by atoms with Gasteiger partial charge in [0, 0.05) is 30.3 Å². The van der Waals surface area contributed by atoms with Gasteiger partial charge in [-0.1, -0.05) is 35.5 Å². The molecule has 0 aliphatic carbocycles. The van der Waals surface area contributed by atoms with Crippen LogP contribution in [0.5, 0.6) is 0 Å². The minimum Gasteiger partial charge on any atom is -0.420 e. The largest absolute Gasteiger partial charge is 0.420 e. The van der Waals surface area contributed by atoms with E-state index in [-0.39, 0.29) is 5.56 Å². The Morgan fingerprint density at radius 1 is 1.06 bits per heavy atom. The van der Waals surface area contributed by atoms with E-state index in [0.29, 0.717) is 65.1 Å². The summed E-state index contributed by atoms with van der Waals surface area (Å²) in [5, 5.41) is 18.9. The number of rotatable bonds is 9. The van der Waals surface area contributed by atoms with Crippen LogP contribution < -0.4 is 5.56 Å². The molecule has 174 valence electrons. The Hall–Kier alpha value is -3.21. The molecule has 0 aliphatic rings. The SMILES string of the molecule is CCOCCCn1c(=O)c2ccccc2n2c(SCc3nnc(-c4ccc(Cl)cc4)o3)nnc12. The molecule has 34 heavy (non-hydrogen) atoms. The van der Waals surface area contributed by atoms with Crippen LogP contribution in [0.3, 0.4) is 0 Å². The van der Waals surface area contributed by atoms with Gasteiger partial charge in [-0.15, -0.1) is 20.4 Å². The van der Waals surface area contributed by atoms with Crippen LogP contribution in [0.25, 0.3) is 28.1 Å². The second kappa shape index (κ2) is 9.96. The summed E-state index contributed by atoms with van der Waals surface area (Å²) >= 11 is 7.36. The molecule has 0 fully saturated rings. The predicted octanol–water partition coefficient (Wildman–Crippen LogP) is 4.47. The van der Waals surface area contributed by atoms with E-state index < -0.39 is 0 Å². The Labute approximate surface area is 203 Å². The predicted molar refractivity (Wildman–Crippen MR) is 130 cm³/mol. The van der Waals surface area contributed by atoms with E-state index >= 15 is 0 Å². The van der Waals surface area contributed by atoms with Crippen LogP contribution in [0.15, 0.2) is 62.9 Å². The first-order valence-corrected chi connectivity index (χ1v) is 12.2. The highest BCUT2D eigenvalue weighted by Gasteiger charge is 2.18. The van der Waals surface area contributed by atoms with E-state index in [2.05, 4.69) is 20.4 Å². The summed E-state index contributed by atoms with van der Waals surface area (Å²) in [6.45, 7) is 3.66. The normalized spacial score (nSPS) is 11.6. The monoisotopic (exact) mass is 496 g/mol. The van der Waals surface area contributed by atoms with Gasteiger partial charge in [0.05, 0.1) is 16.7 Å². The van der Waals surface area contributed by atoms with E-state index in [1.54, 1.807) is 16.7 Å². The van der Waals surface area contributed by atoms with Crippen LogP contribution in [0.2, 0.25) is 5.02 Å². The van der Waals surface area contributed by atoms with Crippen molar-refractivity contribution in [1.82, 2.24) is 29.4 Å². The quantitative estimate of drug-likeness (QED) is 0.218. The number of nitrogens with zero attached hydrogens (tertiary/aromatic N) is 6. The molecule has 0 radical (unpaired) electrons. The standard InChI is InChI=1S/C23H21ClN6O3S/c1-2-32-13-5-12-29-21(31)17-6-3-4-7-18(17)30-22(29)27-28-23(30)34-14-19-25-26-20(33-19)15-8-10-16(24)11-9-15/h3-4,6-11H,2,5,12-14H2,1H3. The number of halogens is 1. The van der Waals surface area contributed by atoms with Crippen molar-refractivity contribution in [3.63, 3.8) is 0 Å². The van der Waals surface area contributed by atoms with Crippen LogP contribution >= 0.6 is 23.4 Å². The summed E-state index contributed by atoms with van der Waals surface area (Å²) in [4.78, 5) is 13.1. The van der Waals surface area contributed by atoms with Crippen LogP contribution in [0.4, 0.5) is 0 Å². The Morgan fingerprint density at radius 2 is 1.88 bits per heavy atom. The van der Waals surface area contributed by atoms with Crippen molar-refractivity contribution in [2.24, 2.45) is 0 Å². The number of aryl methyl sites for hydroxylation is 1. The van der Waals surface area contributed by atoms with Crippen LogP contribution in [-0.4, -0.2) is 42.6 Å². The highest BCUT2D eigenvalue weighted by Crippen LogP contribution is 2.26. The maximum absolute atomic E-state index is 13.1. The second-order valence-electron chi connectivity index (χ2n) is 7.44. The summed E-state index contributed by atoms with van der Waals surface area (Å²) in [7, 11) is 0. The molecule has 0 spiro atoms. The Balaban J connectivity index is 1.45. The van der Waals surface area contributed by atoms with E-state index in [1.165, 1.54) is 11.8 Å². The van der Waals surface area contributed by atoms with Gasteiger partial charge in [0.2, 0.25) is 17.6 Å². The third kappa shape index (κ3) is 4.44. The number of hydrogen-bond acceptors (Lipinski definition) is 8. The zero-order chi connectivity index (χ0) is 23.5. The van der Waals surface area contributed by atoms with Gasteiger partial charge < -0.3 is 9.15 Å². The molecule has 0 bridgehead atoms. The number of hydrogen-bond donors (Lipinski definition) is 0. The van der Waals surface area contributed by atoms with Crippen LogP contribution in [0.1, 0.15) is 19.2 Å². The number of aromatic nitrogens is 6. The summed E-state index contributed by atoms with van der Waals surface area (Å²) in [5.41, 5.74) is 1.46. The third-order valence-corrected chi connectivity index (χ3v) is 6.40. The maximum atomic E-state index is 13.1. The lowest BCUT2D eigenvalue weighted by Gasteiger charge is -2.11. The summed E-state index contributed by atoms with van der Waals surface area (Å²) in [5.74, 6) is 1.78. The van der Waals surface area contributed by atoms with E-state index in [4.69, 9.17) is 20.8 Å². The fourth-order valence-electron chi connectivity index (χ4n) is 3.65. The van der Waals surface area contributed by atoms with Gasteiger partial charge >= 0.3 is 0 Å². The number of ether oxygens (including phenoxy) is 1. The molecule has 5 aromatic rings. The van der Waals surface area contributed by atoms with Crippen LogP contribution in [0, 0.1) is 0 Å². The van der Waals surface area contributed by atoms with Gasteiger partial charge in [0.15, 0.2) is 5.16 Å². The third-order valence-electron chi connectivity index (χ3n) is 5.24. The minimum atomic E-state index is -0.0898. The molecule has 3 aromatic heterocycles. The fraction of sp³-hybridized carbons (Fsp3) is 0.261. The van der Waals surface area contributed by atoms with Crippen molar-refractivity contribution in [3.05, 3.63) is 69.8 Å². The van der Waals surface area contributed by atoms with Gasteiger partial charge in [-0.05, 0) is 49.7 Å². The second-order valence-corrected chi connectivity index (χ2v) is 8.82. The lowest BCUT2D eigenvalue weighted by atomic mass is 10.2. The van der Waals surface area contributed by atoms with Gasteiger partial charge in [-0.25, -0.2) is 0 Å². The first-order chi connectivity index (χ1) is 16.7. The van der Waals surface area contributed by atoms with E-state index in [1.807, 2.05) is 47.7 Å². The molecule has 0 atom stereocenters. The summed E-state index contributed by atoms with van der Waals surface area (Å²) < 4.78 is 14.8. The van der Waals surface area contributed by atoms with Gasteiger partial charge in [-0.3, -0.25) is 13.8 Å². The fourth-order valence-corrected chi connectivity index (χ4v) is 4.55. The molecular weight excluding hydrogens is 476 g/mol.